The third kappa shape index (κ3) is 4.17. The number of ether oxygens (including phenoxy) is 1. The molecule has 0 spiro atoms. The van der Waals surface area contributed by atoms with Crippen LogP contribution in [0.25, 0.3) is 0 Å². The molecule has 1 aromatic carbocycles. The van der Waals surface area contributed by atoms with Crippen molar-refractivity contribution in [1.29, 1.82) is 0 Å². The van der Waals surface area contributed by atoms with Crippen molar-refractivity contribution in [3.8, 4) is 5.75 Å². The first kappa shape index (κ1) is 16.9. The van der Waals surface area contributed by atoms with E-state index in [1.54, 1.807) is 0 Å². The maximum Gasteiger partial charge on any atom is 0.339 e. The quantitative estimate of drug-likeness (QED) is 0.641. The summed E-state index contributed by atoms with van der Waals surface area (Å²) in [6.07, 6.45) is -0.154. The van der Waals surface area contributed by atoms with Crippen molar-refractivity contribution >= 4 is 22.0 Å². The van der Waals surface area contributed by atoms with Crippen molar-refractivity contribution in [2.75, 3.05) is 13.7 Å². The molecule has 0 heterocycles. The minimum atomic E-state index is -4.00. The lowest BCUT2D eigenvalue weighted by molar-refractivity contribution is -0.140. The Bertz CT molecular complexity index is 666. The van der Waals surface area contributed by atoms with E-state index < -0.39 is 33.3 Å². The molecule has 8 nitrogen and oxygen atoms in total. The monoisotopic (exact) mass is 317 g/mol. The Morgan fingerprint density at radius 2 is 1.95 bits per heavy atom. The summed E-state index contributed by atoms with van der Waals surface area (Å²) in [7, 11) is -2.82. The largest absolute Gasteiger partial charge is 0.507 e. The average molecular weight is 317 g/mol. The molecule has 1 rings (SSSR count). The van der Waals surface area contributed by atoms with E-state index in [-0.39, 0.29) is 23.4 Å². The smallest absolute Gasteiger partial charge is 0.339 e. The zero-order valence-electron chi connectivity index (χ0n) is 11.4. The second-order valence-corrected chi connectivity index (χ2v) is 5.90. The highest BCUT2D eigenvalue weighted by Crippen LogP contribution is 2.25. The molecule has 1 aromatic rings. The van der Waals surface area contributed by atoms with Gasteiger partial charge in [0.05, 0.1) is 18.4 Å². The molecule has 3 N–H and O–H groups in total. The molecule has 0 aliphatic carbocycles. The summed E-state index contributed by atoms with van der Waals surface area (Å²) in [6, 6.07) is 1.92. The van der Waals surface area contributed by atoms with E-state index in [1.165, 1.54) is 14.0 Å². The molecule has 0 aromatic heterocycles. The van der Waals surface area contributed by atoms with Crippen LogP contribution in [-0.4, -0.2) is 44.2 Å². The van der Waals surface area contributed by atoms with E-state index in [0.717, 1.165) is 12.1 Å². The van der Waals surface area contributed by atoms with Gasteiger partial charge in [-0.25, -0.2) is 17.9 Å². The number of nitrogens with one attached hydrogen (secondary N) is 1. The fraction of sp³-hybridized carbons (Fsp3) is 0.333. The molecule has 0 aliphatic heterocycles. The first-order chi connectivity index (χ1) is 9.69. The summed E-state index contributed by atoms with van der Waals surface area (Å²) in [5.74, 6) is -2.54. The normalized spacial score (nSPS) is 11.1. The number of rotatable bonds is 6. The Hall–Kier alpha value is -2.13. The zero-order chi connectivity index (χ0) is 16.2. The highest BCUT2D eigenvalue weighted by Gasteiger charge is 2.21. The van der Waals surface area contributed by atoms with Crippen LogP contribution >= 0.6 is 0 Å². The maximum absolute atomic E-state index is 12.1. The van der Waals surface area contributed by atoms with E-state index >= 15 is 0 Å². The predicted octanol–water partition coefficient (Wildman–Crippen LogP) is 0.240. The number of hydrogen-bond donors (Lipinski definition) is 3. The first-order valence-electron chi connectivity index (χ1n) is 5.82. The molecule has 0 saturated heterocycles. The summed E-state index contributed by atoms with van der Waals surface area (Å²) >= 11 is 0. The first-order valence-corrected chi connectivity index (χ1v) is 7.30. The highest BCUT2D eigenvalue weighted by atomic mass is 32.2. The third-order valence-corrected chi connectivity index (χ3v) is 4.27. The molecule has 9 heteroatoms. The molecule has 0 amide bonds. The lowest BCUT2D eigenvalue weighted by Gasteiger charge is -2.11. The lowest BCUT2D eigenvalue weighted by atomic mass is 10.1. The Kier molecular flexibility index (Phi) is 5.28. The van der Waals surface area contributed by atoms with Gasteiger partial charge in [0.1, 0.15) is 11.3 Å². The van der Waals surface area contributed by atoms with Gasteiger partial charge < -0.3 is 14.9 Å². The molecular formula is C12H15NO7S. The van der Waals surface area contributed by atoms with Gasteiger partial charge in [-0.15, -0.1) is 0 Å². The second kappa shape index (κ2) is 6.55. The molecule has 0 unspecified atom stereocenters. The average Bonchev–Trinajstić information content (AvgIpc) is 2.37. The van der Waals surface area contributed by atoms with E-state index in [2.05, 4.69) is 9.46 Å². The van der Waals surface area contributed by atoms with E-state index in [9.17, 15) is 23.1 Å². The number of methoxy groups -OCH3 is 1. The zero-order valence-corrected chi connectivity index (χ0v) is 12.2. The SMILES string of the molecule is COC(=O)CCNS(=O)(=O)c1cc(C(=O)O)c(O)cc1C. The number of sulfonamides is 1. The second-order valence-electron chi connectivity index (χ2n) is 4.16. The molecular weight excluding hydrogens is 302 g/mol. The number of carboxylic acids is 1. The fourth-order valence-corrected chi connectivity index (χ4v) is 2.88. The molecule has 116 valence electrons. The molecule has 0 fully saturated rings. The van der Waals surface area contributed by atoms with Gasteiger partial charge in [-0.1, -0.05) is 0 Å². The number of carboxylic acid groups (broad SMARTS) is 1. The Labute approximate surface area is 121 Å². The van der Waals surface area contributed by atoms with Gasteiger partial charge in [0.15, 0.2) is 0 Å². The van der Waals surface area contributed by atoms with Gasteiger partial charge in [-0.05, 0) is 24.6 Å². The summed E-state index contributed by atoms with van der Waals surface area (Å²) in [5, 5.41) is 18.4. The lowest BCUT2D eigenvalue weighted by Crippen LogP contribution is -2.27. The number of carbonyl (C=O) groups is 2. The van der Waals surface area contributed by atoms with Crippen LogP contribution in [0.15, 0.2) is 17.0 Å². The molecule has 0 atom stereocenters. The standard InChI is InChI=1S/C12H15NO7S/c1-7-5-9(14)8(12(16)17)6-10(7)21(18,19)13-4-3-11(15)20-2/h5-6,13-14H,3-4H2,1-2H3,(H,16,17). The van der Waals surface area contributed by atoms with Crippen LogP contribution in [0.1, 0.15) is 22.3 Å². The number of carbonyl (C=O) groups excluding carboxylic acids is 1. The summed E-state index contributed by atoms with van der Waals surface area (Å²) < 4.78 is 30.7. The van der Waals surface area contributed by atoms with Gasteiger partial charge in [0.2, 0.25) is 10.0 Å². The van der Waals surface area contributed by atoms with Gasteiger partial charge in [-0.3, -0.25) is 4.79 Å². The van der Waals surface area contributed by atoms with Gasteiger partial charge >= 0.3 is 11.9 Å². The van der Waals surface area contributed by atoms with Crippen molar-refractivity contribution in [3.63, 3.8) is 0 Å². The van der Waals surface area contributed by atoms with Crippen molar-refractivity contribution < 1.29 is 33.0 Å². The third-order valence-electron chi connectivity index (χ3n) is 2.66. The topological polar surface area (TPSA) is 130 Å². The number of esters is 1. The number of hydrogen-bond acceptors (Lipinski definition) is 6. The minimum absolute atomic E-state index is 0.154. The highest BCUT2D eigenvalue weighted by molar-refractivity contribution is 7.89. The Morgan fingerprint density at radius 1 is 1.33 bits per heavy atom. The van der Waals surface area contributed by atoms with Gasteiger partial charge in [-0.2, -0.15) is 0 Å². The Morgan fingerprint density at radius 3 is 2.48 bits per heavy atom. The number of phenols is 1. The van der Waals surface area contributed by atoms with Gasteiger partial charge in [0, 0.05) is 6.54 Å². The maximum atomic E-state index is 12.1. The van der Waals surface area contributed by atoms with E-state index in [1.807, 2.05) is 0 Å². The molecule has 0 bridgehead atoms. The van der Waals surface area contributed by atoms with Crippen LogP contribution in [0.2, 0.25) is 0 Å². The molecule has 0 saturated carbocycles. The summed E-state index contributed by atoms with van der Waals surface area (Å²) in [5.41, 5.74) is -0.336. The van der Waals surface area contributed by atoms with E-state index in [4.69, 9.17) is 5.11 Å². The fourth-order valence-electron chi connectivity index (χ4n) is 1.60. The number of aryl methyl sites for hydroxylation is 1. The number of aromatic carboxylic acids is 1. The van der Waals surface area contributed by atoms with Crippen LogP contribution in [0.5, 0.6) is 5.75 Å². The molecule has 0 radical (unpaired) electrons. The minimum Gasteiger partial charge on any atom is -0.507 e. The van der Waals surface area contributed by atoms with Crippen molar-refractivity contribution in [2.24, 2.45) is 0 Å². The Balaban J connectivity index is 3.05. The summed E-state index contributed by atoms with van der Waals surface area (Å²) in [4.78, 5) is 21.6. The number of benzene rings is 1. The summed E-state index contributed by atoms with van der Waals surface area (Å²) in [6.45, 7) is 1.23. The van der Waals surface area contributed by atoms with Crippen LogP contribution < -0.4 is 4.72 Å². The van der Waals surface area contributed by atoms with E-state index in [0.29, 0.717) is 0 Å². The number of aromatic hydroxyl groups is 1. The van der Waals surface area contributed by atoms with Crippen LogP contribution in [0, 0.1) is 6.92 Å². The van der Waals surface area contributed by atoms with Crippen molar-refractivity contribution in [1.82, 2.24) is 4.72 Å². The van der Waals surface area contributed by atoms with Crippen LogP contribution in [-0.2, 0) is 19.6 Å². The van der Waals surface area contributed by atoms with Crippen LogP contribution in [0.4, 0.5) is 0 Å². The predicted molar refractivity (Wildman–Crippen MR) is 71.6 cm³/mol. The molecule has 0 aliphatic rings. The van der Waals surface area contributed by atoms with Gasteiger partial charge in [0.25, 0.3) is 0 Å². The van der Waals surface area contributed by atoms with Crippen molar-refractivity contribution in [3.05, 3.63) is 23.3 Å². The van der Waals surface area contributed by atoms with Crippen LogP contribution in [0.3, 0.4) is 0 Å². The van der Waals surface area contributed by atoms with Crippen molar-refractivity contribution in [2.45, 2.75) is 18.2 Å². The molecule has 21 heavy (non-hydrogen) atoms.